The van der Waals surface area contributed by atoms with Crippen molar-refractivity contribution in [3.63, 3.8) is 0 Å². The van der Waals surface area contributed by atoms with Crippen LogP contribution in [-0.2, 0) is 11.3 Å². The number of nitrogens with zero attached hydrogens (tertiary/aromatic N) is 1. The predicted molar refractivity (Wildman–Crippen MR) is 151 cm³/mol. The first-order valence-electron chi connectivity index (χ1n) is 10.9. The van der Waals surface area contributed by atoms with Crippen molar-refractivity contribution in [1.29, 1.82) is 0 Å². The van der Waals surface area contributed by atoms with Crippen molar-refractivity contribution < 1.29 is 9.47 Å². The molecule has 0 saturated carbocycles. The Kier molecular flexibility index (Phi) is 12.0. The molecule has 4 aromatic rings. The highest BCUT2D eigenvalue weighted by atomic mass is 35.5. The predicted octanol–water partition coefficient (Wildman–Crippen LogP) is 7.09. The van der Waals surface area contributed by atoms with Crippen LogP contribution >= 0.6 is 36.4 Å². The van der Waals surface area contributed by atoms with Crippen LogP contribution in [0.2, 0.25) is 5.02 Å². The average Bonchev–Trinajstić information content (AvgIpc) is 2.86. The molecular formula is C28H29Cl3N2O2. The van der Waals surface area contributed by atoms with Crippen LogP contribution in [0.25, 0.3) is 22.6 Å². The van der Waals surface area contributed by atoms with Gasteiger partial charge in [-0.25, -0.2) is 4.98 Å². The van der Waals surface area contributed by atoms with E-state index in [1.165, 1.54) is 5.57 Å². The zero-order valence-corrected chi connectivity index (χ0v) is 21.8. The molecule has 0 unspecified atom stereocenters. The molecule has 0 bridgehead atoms. The summed E-state index contributed by atoms with van der Waals surface area (Å²) in [7, 11) is 1.71. The molecule has 0 radical (unpaired) electrons. The maximum absolute atomic E-state index is 6.04. The van der Waals surface area contributed by atoms with Crippen LogP contribution < -0.4 is 10.1 Å². The summed E-state index contributed by atoms with van der Waals surface area (Å²) in [6.45, 7) is 2.61. The summed E-state index contributed by atoms with van der Waals surface area (Å²) in [6, 6.07) is 28.2. The van der Waals surface area contributed by atoms with Crippen LogP contribution in [0, 0.1) is 0 Å². The Labute approximate surface area is 224 Å². The van der Waals surface area contributed by atoms with E-state index in [0.29, 0.717) is 13.2 Å². The van der Waals surface area contributed by atoms with Gasteiger partial charge in [0.1, 0.15) is 12.4 Å². The van der Waals surface area contributed by atoms with Crippen LogP contribution in [0.3, 0.4) is 0 Å². The van der Waals surface area contributed by atoms with Gasteiger partial charge in [0.05, 0.1) is 17.8 Å². The second-order valence-corrected chi connectivity index (χ2v) is 8.14. The Morgan fingerprint density at radius 1 is 0.914 bits per heavy atom. The monoisotopic (exact) mass is 530 g/mol. The fourth-order valence-electron chi connectivity index (χ4n) is 3.51. The van der Waals surface area contributed by atoms with Gasteiger partial charge in [-0.3, -0.25) is 0 Å². The molecule has 1 heterocycles. The Hall–Kier alpha value is -2.60. The molecule has 7 heteroatoms. The number of pyridine rings is 1. The van der Waals surface area contributed by atoms with Crippen molar-refractivity contribution in [2.24, 2.45) is 0 Å². The standard InChI is InChI=1S/C28H27ClN2O2.2ClH/c1-32-17-16-30-19-24(18-21-6-11-25(29)12-7-21)22-9-14-27(15-10-22)33-20-26-13-8-23-4-2-3-5-28(23)31-26;;/h2-15,18,30H,16-17,19-20H2,1H3;2*1H. The van der Waals surface area contributed by atoms with Crippen molar-refractivity contribution in [2.45, 2.75) is 6.61 Å². The number of fused-ring (bicyclic) bond motifs is 1. The van der Waals surface area contributed by atoms with E-state index in [1.807, 2.05) is 60.7 Å². The molecule has 0 aliphatic carbocycles. The number of methoxy groups -OCH3 is 1. The molecule has 1 N–H and O–H groups in total. The van der Waals surface area contributed by atoms with E-state index < -0.39 is 0 Å². The molecule has 0 fully saturated rings. The number of aromatic nitrogens is 1. The molecule has 0 aliphatic heterocycles. The number of hydrogen-bond donors (Lipinski definition) is 1. The molecule has 4 rings (SSSR count). The summed E-state index contributed by atoms with van der Waals surface area (Å²) in [5, 5.41) is 5.29. The van der Waals surface area contributed by atoms with E-state index in [0.717, 1.165) is 51.6 Å². The zero-order valence-electron chi connectivity index (χ0n) is 19.4. The largest absolute Gasteiger partial charge is 0.487 e. The van der Waals surface area contributed by atoms with Crippen LogP contribution in [0.4, 0.5) is 0 Å². The summed E-state index contributed by atoms with van der Waals surface area (Å²) in [5.41, 5.74) is 5.29. The average molecular weight is 532 g/mol. The van der Waals surface area contributed by atoms with Gasteiger partial charge in [-0.1, -0.05) is 60.1 Å². The van der Waals surface area contributed by atoms with E-state index in [2.05, 4.69) is 40.6 Å². The second-order valence-electron chi connectivity index (χ2n) is 7.70. The van der Waals surface area contributed by atoms with E-state index in [4.69, 9.17) is 21.1 Å². The minimum atomic E-state index is 0. The van der Waals surface area contributed by atoms with Crippen molar-refractivity contribution in [1.82, 2.24) is 10.3 Å². The Morgan fingerprint density at radius 3 is 2.40 bits per heavy atom. The molecule has 0 atom stereocenters. The van der Waals surface area contributed by atoms with Crippen LogP contribution in [0.15, 0.2) is 84.9 Å². The third kappa shape index (κ3) is 8.53. The van der Waals surface area contributed by atoms with E-state index >= 15 is 0 Å². The SMILES string of the molecule is COCCNCC(=Cc1ccc(Cl)cc1)c1ccc(OCc2ccc3ccccc3n2)cc1.Cl.Cl. The van der Waals surface area contributed by atoms with Crippen LogP contribution in [0.1, 0.15) is 16.8 Å². The molecule has 35 heavy (non-hydrogen) atoms. The van der Waals surface area contributed by atoms with Gasteiger partial charge < -0.3 is 14.8 Å². The molecule has 0 amide bonds. The highest BCUT2D eigenvalue weighted by Gasteiger charge is 2.05. The lowest BCUT2D eigenvalue weighted by atomic mass is 10.0. The van der Waals surface area contributed by atoms with Gasteiger partial charge in [0.15, 0.2) is 0 Å². The Bertz CT molecular complexity index is 1210. The van der Waals surface area contributed by atoms with E-state index in [-0.39, 0.29) is 24.8 Å². The second kappa shape index (κ2) is 14.7. The van der Waals surface area contributed by atoms with Crippen LogP contribution in [0.5, 0.6) is 5.75 Å². The lowest BCUT2D eigenvalue weighted by Gasteiger charge is -2.12. The summed E-state index contributed by atoms with van der Waals surface area (Å²) in [4.78, 5) is 4.68. The van der Waals surface area contributed by atoms with Crippen molar-refractivity contribution >= 4 is 59.0 Å². The molecule has 3 aromatic carbocycles. The highest BCUT2D eigenvalue weighted by Crippen LogP contribution is 2.23. The number of rotatable bonds is 10. The lowest BCUT2D eigenvalue weighted by molar-refractivity contribution is 0.200. The number of para-hydroxylation sites is 1. The molecule has 4 nitrogen and oxygen atoms in total. The topological polar surface area (TPSA) is 43.4 Å². The van der Waals surface area contributed by atoms with Gasteiger partial charge in [0.25, 0.3) is 0 Å². The molecule has 184 valence electrons. The van der Waals surface area contributed by atoms with Crippen molar-refractivity contribution in [2.75, 3.05) is 26.8 Å². The third-order valence-corrected chi connectivity index (χ3v) is 5.53. The van der Waals surface area contributed by atoms with E-state index in [1.54, 1.807) is 7.11 Å². The third-order valence-electron chi connectivity index (χ3n) is 5.28. The first kappa shape index (κ1) is 28.6. The number of nitrogens with one attached hydrogen (secondary N) is 1. The first-order valence-corrected chi connectivity index (χ1v) is 11.3. The smallest absolute Gasteiger partial charge is 0.130 e. The number of benzene rings is 3. The summed E-state index contributed by atoms with van der Waals surface area (Å²) < 4.78 is 11.1. The summed E-state index contributed by atoms with van der Waals surface area (Å²) >= 11 is 6.04. The minimum Gasteiger partial charge on any atom is -0.487 e. The normalized spacial score (nSPS) is 11.0. The van der Waals surface area contributed by atoms with Gasteiger partial charge in [0, 0.05) is 30.6 Å². The molecule has 0 spiro atoms. The highest BCUT2D eigenvalue weighted by molar-refractivity contribution is 6.30. The molecule has 0 saturated heterocycles. The van der Waals surface area contributed by atoms with Gasteiger partial charge in [-0.2, -0.15) is 0 Å². The Balaban J connectivity index is 0.00000216. The zero-order chi connectivity index (χ0) is 22.9. The van der Waals surface area contributed by atoms with Crippen molar-refractivity contribution in [3.05, 3.63) is 107 Å². The van der Waals surface area contributed by atoms with Gasteiger partial charge in [0.2, 0.25) is 0 Å². The summed E-state index contributed by atoms with van der Waals surface area (Å²) in [6.07, 6.45) is 2.17. The fraction of sp³-hybridized carbons (Fsp3) is 0.179. The summed E-state index contributed by atoms with van der Waals surface area (Å²) in [5.74, 6) is 0.812. The minimum absolute atomic E-state index is 0. The first-order chi connectivity index (χ1) is 16.2. The number of halogens is 3. The van der Waals surface area contributed by atoms with Crippen molar-refractivity contribution in [3.8, 4) is 5.75 Å². The molecule has 0 aliphatic rings. The maximum atomic E-state index is 6.04. The van der Waals surface area contributed by atoms with Gasteiger partial charge in [-0.15, -0.1) is 24.8 Å². The lowest BCUT2D eigenvalue weighted by Crippen LogP contribution is -2.21. The van der Waals surface area contributed by atoms with Gasteiger partial charge >= 0.3 is 0 Å². The quantitative estimate of drug-likeness (QED) is 0.175. The van der Waals surface area contributed by atoms with Gasteiger partial charge in [-0.05, 0) is 59.2 Å². The molecule has 1 aromatic heterocycles. The van der Waals surface area contributed by atoms with E-state index in [9.17, 15) is 0 Å². The van der Waals surface area contributed by atoms with Crippen LogP contribution in [-0.4, -0.2) is 31.8 Å². The fourth-order valence-corrected chi connectivity index (χ4v) is 3.63. The Morgan fingerprint density at radius 2 is 1.66 bits per heavy atom. The number of ether oxygens (including phenoxy) is 2. The molecular weight excluding hydrogens is 503 g/mol. The number of hydrogen-bond acceptors (Lipinski definition) is 4. The maximum Gasteiger partial charge on any atom is 0.130 e.